The second-order valence-corrected chi connectivity index (χ2v) is 10.3. The minimum atomic E-state index is -6.14. The standard InChI is InChI=1S/C12H19ClF5O2P/c1-6-20-11(19)9(12(14,15)16)10(13)21(17,18,7(2)3)8(4)5/h7-8H,6H2,1-5H3/b10-9+. The summed E-state index contributed by atoms with van der Waals surface area (Å²) in [6.45, 7) is 5.28. The van der Waals surface area contributed by atoms with Gasteiger partial charge in [0.05, 0.1) is 0 Å². The van der Waals surface area contributed by atoms with E-state index >= 15 is 8.39 Å². The molecule has 2 nitrogen and oxygen atoms in total. The van der Waals surface area contributed by atoms with Crippen molar-refractivity contribution in [1.82, 2.24) is 0 Å². The summed E-state index contributed by atoms with van der Waals surface area (Å²) in [7, 11) is -6.14. The molecule has 9 heteroatoms. The molecule has 126 valence electrons. The van der Waals surface area contributed by atoms with Crippen LogP contribution >= 0.6 is 18.8 Å². The van der Waals surface area contributed by atoms with Crippen molar-refractivity contribution in [3.8, 4) is 0 Å². The van der Waals surface area contributed by atoms with E-state index in [1.54, 1.807) is 0 Å². The summed E-state index contributed by atoms with van der Waals surface area (Å²) in [6, 6.07) is 0. The molecule has 0 aliphatic heterocycles. The van der Waals surface area contributed by atoms with Gasteiger partial charge in [0.15, 0.2) is 0 Å². The third-order valence-corrected chi connectivity index (χ3v) is 9.16. The normalized spacial score (nSPS) is 16.5. The number of carbonyl (C=O) groups is 1. The number of carbonyl (C=O) groups excluding carboxylic acids is 1. The maximum atomic E-state index is 15.1. The first-order chi connectivity index (χ1) is 9.20. The summed E-state index contributed by atoms with van der Waals surface area (Å²) in [6.07, 6.45) is -5.31. The molecular formula is C12H19ClF5O2P. The minimum absolute atomic E-state index is 0.375. The summed E-state index contributed by atoms with van der Waals surface area (Å²) in [5.41, 5.74) is -4.94. The number of ether oxygens (including phenoxy) is 1. The Hall–Kier alpha value is -0.420. The number of hydrogen-bond donors (Lipinski definition) is 0. The van der Waals surface area contributed by atoms with E-state index in [0.717, 1.165) is 27.7 Å². The van der Waals surface area contributed by atoms with Crippen molar-refractivity contribution in [3.05, 3.63) is 10.3 Å². The molecular weight excluding hydrogens is 338 g/mol. The fourth-order valence-corrected chi connectivity index (χ4v) is 5.88. The molecule has 0 spiro atoms. The van der Waals surface area contributed by atoms with Crippen LogP contribution in [0.1, 0.15) is 34.6 Å². The van der Waals surface area contributed by atoms with E-state index in [2.05, 4.69) is 4.74 Å². The molecule has 0 heterocycles. The van der Waals surface area contributed by atoms with Gasteiger partial charge in [-0.3, -0.25) is 0 Å². The number of halogens is 6. The van der Waals surface area contributed by atoms with Gasteiger partial charge >= 0.3 is 125 Å². The van der Waals surface area contributed by atoms with Crippen molar-refractivity contribution in [1.29, 1.82) is 0 Å². The Morgan fingerprint density at radius 2 is 1.52 bits per heavy atom. The van der Waals surface area contributed by atoms with E-state index < -0.39 is 41.0 Å². The maximum absolute atomic E-state index is 15.1. The molecule has 0 radical (unpaired) electrons. The molecule has 21 heavy (non-hydrogen) atoms. The Kier molecular flexibility index (Phi) is 6.24. The van der Waals surface area contributed by atoms with Gasteiger partial charge in [-0.05, 0) is 0 Å². The van der Waals surface area contributed by atoms with Gasteiger partial charge in [-0.1, -0.05) is 0 Å². The zero-order valence-electron chi connectivity index (χ0n) is 12.4. The van der Waals surface area contributed by atoms with Crippen LogP contribution in [0, 0.1) is 0 Å². The molecule has 0 rings (SSSR count). The second-order valence-electron chi connectivity index (χ2n) is 5.10. The third kappa shape index (κ3) is 3.67. The molecule has 0 saturated heterocycles. The molecule has 0 bridgehead atoms. The predicted molar refractivity (Wildman–Crippen MR) is 75.0 cm³/mol. The van der Waals surface area contributed by atoms with Crippen molar-refractivity contribution in [2.45, 2.75) is 52.1 Å². The van der Waals surface area contributed by atoms with Crippen molar-refractivity contribution >= 4 is 24.8 Å². The van der Waals surface area contributed by atoms with E-state index in [0.29, 0.717) is 0 Å². The van der Waals surface area contributed by atoms with Crippen LogP contribution in [0.25, 0.3) is 0 Å². The van der Waals surface area contributed by atoms with Crippen molar-refractivity contribution in [2.24, 2.45) is 0 Å². The molecule has 0 unspecified atom stereocenters. The average Bonchev–Trinajstić information content (AvgIpc) is 2.26. The van der Waals surface area contributed by atoms with Gasteiger partial charge < -0.3 is 0 Å². The Balaban J connectivity index is 6.51. The van der Waals surface area contributed by atoms with Crippen LogP contribution in [0.5, 0.6) is 0 Å². The van der Waals surface area contributed by atoms with E-state index in [9.17, 15) is 18.0 Å². The quantitative estimate of drug-likeness (QED) is 0.273. The molecule has 0 aromatic rings. The van der Waals surface area contributed by atoms with Crippen LogP contribution < -0.4 is 0 Å². The zero-order valence-corrected chi connectivity index (χ0v) is 14.0. The first kappa shape index (κ1) is 20.6. The van der Waals surface area contributed by atoms with Gasteiger partial charge in [0, 0.05) is 0 Å². The van der Waals surface area contributed by atoms with Crippen molar-refractivity contribution in [2.75, 3.05) is 6.61 Å². The number of hydrogen-bond acceptors (Lipinski definition) is 2. The Bertz CT molecular complexity index is 431. The molecule has 0 aromatic carbocycles. The van der Waals surface area contributed by atoms with Gasteiger partial charge in [0.25, 0.3) is 0 Å². The molecule has 0 atom stereocenters. The zero-order chi connectivity index (χ0) is 17.2. The van der Waals surface area contributed by atoms with Crippen LogP contribution in [0.4, 0.5) is 21.6 Å². The van der Waals surface area contributed by atoms with Gasteiger partial charge in [-0.2, -0.15) is 0 Å². The molecule has 0 aliphatic carbocycles. The van der Waals surface area contributed by atoms with Gasteiger partial charge in [0.1, 0.15) is 0 Å². The second kappa shape index (κ2) is 6.37. The molecule has 0 N–H and O–H groups in total. The molecule has 0 fully saturated rings. The van der Waals surface area contributed by atoms with Crippen molar-refractivity contribution < 1.29 is 31.1 Å². The molecule has 0 aromatic heterocycles. The monoisotopic (exact) mass is 356 g/mol. The number of esters is 1. The van der Waals surface area contributed by atoms with Crippen LogP contribution in [0.15, 0.2) is 10.3 Å². The molecule has 0 amide bonds. The first-order valence-electron chi connectivity index (χ1n) is 6.30. The van der Waals surface area contributed by atoms with E-state index in [1.165, 1.54) is 6.92 Å². The van der Waals surface area contributed by atoms with Crippen LogP contribution in [-0.4, -0.2) is 30.1 Å². The topological polar surface area (TPSA) is 26.3 Å². The van der Waals surface area contributed by atoms with E-state index in [1.807, 2.05) is 0 Å². The Morgan fingerprint density at radius 3 is 1.76 bits per heavy atom. The van der Waals surface area contributed by atoms with E-state index in [-0.39, 0.29) is 6.61 Å². The van der Waals surface area contributed by atoms with Crippen LogP contribution in [-0.2, 0) is 9.53 Å². The number of rotatable bonds is 5. The molecule has 0 aliphatic rings. The summed E-state index contributed by atoms with van der Waals surface area (Å²) in [5, 5.41) is 0. The predicted octanol–water partition coefficient (Wildman–Crippen LogP) is 5.70. The number of alkyl halides is 3. The first-order valence-corrected chi connectivity index (χ1v) is 8.83. The van der Waals surface area contributed by atoms with Crippen LogP contribution in [0.2, 0.25) is 0 Å². The van der Waals surface area contributed by atoms with Gasteiger partial charge in [0.2, 0.25) is 0 Å². The SMILES string of the molecule is CCOC(=O)/C(=C(/Cl)P(F)(F)(C(C)C)C(C)C)C(F)(F)F. The summed E-state index contributed by atoms with van der Waals surface area (Å²) >= 11 is 5.47. The van der Waals surface area contributed by atoms with E-state index in [4.69, 9.17) is 11.6 Å². The Labute approximate surface area is 125 Å². The van der Waals surface area contributed by atoms with Crippen molar-refractivity contribution in [3.63, 3.8) is 0 Å². The Morgan fingerprint density at radius 1 is 1.14 bits per heavy atom. The fourth-order valence-electron chi connectivity index (χ4n) is 1.78. The summed E-state index contributed by atoms with van der Waals surface area (Å²) < 4.78 is 71.7. The third-order valence-electron chi connectivity index (χ3n) is 3.24. The fraction of sp³-hybridized carbons (Fsp3) is 0.750. The summed E-state index contributed by atoms with van der Waals surface area (Å²) in [5.74, 6) is -1.87. The van der Waals surface area contributed by atoms with Crippen LogP contribution in [0.3, 0.4) is 0 Å². The van der Waals surface area contributed by atoms with Gasteiger partial charge in [-0.25, -0.2) is 0 Å². The average molecular weight is 357 g/mol. The summed E-state index contributed by atoms with van der Waals surface area (Å²) in [4.78, 5) is 11.5. The van der Waals surface area contributed by atoms with Gasteiger partial charge in [-0.15, -0.1) is 0 Å². The molecule has 0 saturated carbocycles.